The molecule has 0 aliphatic rings. The fraction of sp³-hybridized carbons (Fsp3) is 0.833. The van der Waals surface area contributed by atoms with Gasteiger partial charge in [0.2, 0.25) is 5.91 Å². The van der Waals surface area contributed by atoms with Crippen LogP contribution in [0.4, 0.5) is 0 Å². The molecule has 2 N–H and O–H groups in total. The average molecular weight is 229 g/mol. The van der Waals surface area contributed by atoms with E-state index in [0.29, 0.717) is 12.8 Å². The normalized spacial score (nSPS) is 13.6. The monoisotopic (exact) mass is 229 g/mol. The number of carbonyl (C=O) groups is 2. The molecule has 0 aromatic rings. The lowest BCUT2D eigenvalue weighted by molar-refractivity contribution is -0.142. The van der Waals surface area contributed by atoms with Crippen LogP contribution in [-0.2, 0) is 9.59 Å². The molecule has 0 unspecified atom stereocenters. The van der Waals surface area contributed by atoms with Gasteiger partial charge in [-0.1, -0.05) is 34.6 Å². The van der Waals surface area contributed by atoms with E-state index in [1.807, 2.05) is 34.6 Å². The van der Waals surface area contributed by atoms with Crippen LogP contribution in [-0.4, -0.2) is 23.0 Å². The van der Waals surface area contributed by atoms with Gasteiger partial charge in [-0.2, -0.15) is 0 Å². The van der Waals surface area contributed by atoms with E-state index < -0.39 is 12.0 Å². The first-order valence-corrected chi connectivity index (χ1v) is 5.64. The summed E-state index contributed by atoms with van der Waals surface area (Å²) in [7, 11) is 0. The largest absolute Gasteiger partial charge is 0.480 e. The lowest BCUT2D eigenvalue weighted by atomic mass is 9.91. The maximum atomic E-state index is 11.6. The molecule has 0 aliphatic heterocycles. The maximum Gasteiger partial charge on any atom is 0.326 e. The molecular weight excluding hydrogens is 206 g/mol. The van der Waals surface area contributed by atoms with E-state index in [4.69, 9.17) is 5.11 Å². The summed E-state index contributed by atoms with van der Waals surface area (Å²) in [4.78, 5) is 22.5. The van der Waals surface area contributed by atoms with Gasteiger partial charge in [0.15, 0.2) is 0 Å². The summed E-state index contributed by atoms with van der Waals surface area (Å²) >= 11 is 0. The second-order valence-corrected chi connectivity index (χ2v) is 5.83. The second kappa shape index (κ2) is 5.87. The number of carboxylic acid groups (broad SMARTS) is 1. The third-order valence-corrected chi connectivity index (χ3v) is 2.03. The van der Waals surface area contributed by atoms with Crippen molar-refractivity contribution in [3.8, 4) is 0 Å². The number of amides is 1. The highest BCUT2D eigenvalue weighted by atomic mass is 16.4. The van der Waals surface area contributed by atoms with Gasteiger partial charge in [0.05, 0.1) is 0 Å². The zero-order valence-corrected chi connectivity index (χ0v) is 10.8. The summed E-state index contributed by atoms with van der Waals surface area (Å²) in [6.45, 7) is 9.72. The zero-order chi connectivity index (χ0) is 12.9. The molecule has 0 spiro atoms. The van der Waals surface area contributed by atoms with Crippen molar-refractivity contribution in [1.82, 2.24) is 5.32 Å². The number of carbonyl (C=O) groups excluding carboxylic acids is 1. The van der Waals surface area contributed by atoms with Gasteiger partial charge in [-0.15, -0.1) is 0 Å². The molecule has 0 saturated heterocycles. The van der Waals surface area contributed by atoms with Gasteiger partial charge in [-0.05, 0) is 17.8 Å². The summed E-state index contributed by atoms with van der Waals surface area (Å²) in [5.74, 6) is -0.910. The highest BCUT2D eigenvalue weighted by Gasteiger charge is 2.23. The van der Waals surface area contributed by atoms with Gasteiger partial charge in [0.1, 0.15) is 6.04 Å². The van der Waals surface area contributed by atoms with Crippen LogP contribution in [0.2, 0.25) is 0 Å². The van der Waals surface area contributed by atoms with E-state index in [9.17, 15) is 9.59 Å². The van der Waals surface area contributed by atoms with Crippen molar-refractivity contribution in [3.63, 3.8) is 0 Å². The summed E-state index contributed by atoms with van der Waals surface area (Å²) in [5, 5.41) is 11.5. The summed E-state index contributed by atoms with van der Waals surface area (Å²) in [6, 6.07) is -0.769. The minimum Gasteiger partial charge on any atom is -0.480 e. The van der Waals surface area contributed by atoms with Crippen molar-refractivity contribution in [2.75, 3.05) is 0 Å². The van der Waals surface area contributed by atoms with Crippen molar-refractivity contribution in [3.05, 3.63) is 0 Å². The molecule has 1 amide bonds. The Morgan fingerprint density at radius 3 is 2.06 bits per heavy atom. The average Bonchev–Trinajstić information content (AvgIpc) is 1.97. The maximum absolute atomic E-state index is 11.6. The number of hydrogen-bond acceptors (Lipinski definition) is 2. The fourth-order valence-corrected chi connectivity index (χ4v) is 1.42. The van der Waals surface area contributed by atoms with Gasteiger partial charge in [0, 0.05) is 6.42 Å². The molecule has 0 heterocycles. The molecule has 94 valence electrons. The molecule has 4 nitrogen and oxygen atoms in total. The Bertz CT molecular complexity index is 253. The number of rotatable bonds is 5. The number of aliphatic carboxylic acids is 1. The SMILES string of the molecule is CC(C)C[C@H](NC(=O)CC(C)(C)C)C(=O)O. The summed E-state index contributed by atoms with van der Waals surface area (Å²) in [6.07, 6.45) is 0.806. The molecular formula is C12H23NO3. The van der Waals surface area contributed by atoms with E-state index in [1.54, 1.807) is 0 Å². The summed E-state index contributed by atoms with van der Waals surface area (Å²) in [5.41, 5.74) is -0.120. The highest BCUT2D eigenvalue weighted by molar-refractivity contribution is 5.83. The van der Waals surface area contributed by atoms with Crippen LogP contribution in [0.5, 0.6) is 0 Å². The quantitative estimate of drug-likeness (QED) is 0.758. The van der Waals surface area contributed by atoms with E-state index in [1.165, 1.54) is 0 Å². The number of nitrogens with one attached hydrogen (secondary N) is 1. The Hall–Kier alpha value is -1.06. The van der Waals surface area contributed by atoms with Crippen LogP contribution in [0.1, 0.15) is 47.5 Å². The molecule has 0 rings (SSSR count). The van der Waals surface area contributed by atoms with Crippen molar-refractivity contribution in [2.45, 2.75) is 53.5 Å². The van der Waals surface area contributed by atoms with E-state index in [-0.39, 0.29) is 17.2 Å². The van der Waals surface area contributed by atoms with E-state index in [0.717, 1.165) is 0 Å². The van der Waals surface area contributed by atoms with Crippen LogP contribution in [0.3, 0.4) is 0 Å². The Morgan fingerprint density at radius 2 is 1.75 bits per heavy atom. The van der Waals surface area contributed by atoms with Crippen molar-refractivity contribution in [2.24, 2.45) is 11.3 Å². The standard InChI is InChI=1S/C12H23NO3/c1-8(2)6-9(11(15)16)13-10(14)7-12(3,4)5/h8-9H,6-7H2,1-5H3,(H,13,14)(H,15,16)/t9-/m0/s1. The van der Waals surface area contributed by atoms with Crippen LogP contribution in [0.25, 0.3) is 0 Å². The minimum atomic E-state index is -0.962. The molecule has 0 bridgehead atoms. The first-order chi connectivity index (χ1) is 7.11. The third kappa shape index (κ3) is 7.26. The van der Waals surface area contributed by atoms with Gasteiger partial charge in [0.25, 0.3) is 0 Å². The van der Waals surface area contributed by atoms with Crippen LogP contribution in [0, 0.1) is 11.3 Å². The molecule has 1 atom stereocenters. The Morgan fingerprint density at radius 1 is 1.25 bits per heavy atom. The molecule has 0 aromatic carbocycles. The molecule has 0 aliphatic carbocycles. The Balaban J connectivity index is 4.30. The van der Waals surface area contributed by atoms with Gasteiger partial charge >= 0.3 is 5.97 Å². The number of carboxylic acids is 1. The van der Waals surface area contributed by atoms with Gasteiger partial charge < -0.3 is 10.4 Å². The summed E-state index contributed by atoms with van der Waals surface area (Å²) < 4.78 is 0. The Kier molecular flexibility index (Phi) is 5.48. The molecule has 0 saturated carbocycles. The third-order valence-electron chi connectivity index (χ3n) is 2.03. The first kappa shape index (κ1) is 14.9. The van der Waals surface area contributed by atoms with Gasteiger partial charge in [-0.3, -0.25) is 4.79 Å². The van der Waals surface area contributed by atoms with Crippen LogP contribution < -0.4 is 5.32 Å². The van der Waals surface area contributed by atoms with Crippen LogP contribution in [0.15, 0.2) is 0 Å². The van der Waals surface area contributed by atoms with Crippen molar-refractivity contribution >= 4 is 11.9 Å². The first-order valence-electron chi connectivity index (χ1n) is 5.64. The topological polar surface area (TPSA) is 66.4 Å². The van der Waals surface area contributed by atoms with Crippen molar-refractivity contribution < 1.29 is 14.7 Å². The number of hydrogen-bond donors (Lipinski definition) is 2. The smallest absolute Gasteiger partial charge is 0.326 e. The lowest BCUT2D eigenvalue weighted by Crippen LogP contribution is -2.42. The molecule has 4 heteroatoms. The van der Waals surface area contributed by atoms with Gasteiger partial charge in [-0.25, -0.2) is 4.79 Å². The van der Waals surface area contributed by atoms with Crippen LogP contribution >= 0.6 is 0 Å². The van der Waals surface area contributed by atoms with E-state index >= 15 is 0 Å². The zero-order valence-electron chi connectivity index (χ0n) is 10.8. The lowest BCUT2D eigenvalue weighted by Gasteiger charge is -2.21. The van der Waals surface area contributed by atoms with Crippen molar-refractivity contribution in [1.29, 1.82) is 0 Å². The highest BCUT2D eigenvalue weighted by Crippen LogP contribution is 2.18. The second-order valence-electron chi connectivity index (χ2n) is 5.83. The van der Waals surface area contributed by atoms with E-state index in [2.05, 4.69) is 5.32 Å². The molecule has 0 radical (unpaired) electrons. The molecule has 0 aromatic heterocycles. The predicted octanol–water partition coefficient (Wildman–Crippen LogP) is 2.04. The Labute approximate surface area is 97.4 Å². The minimum absolute atomic E-state index is 0.120. The predicted molar refractivity (Wildman–Crippen MR) is 63.1 cm³/mol. The molecule has 16 heavy (non-hydrogen) atoms. The fourth-order valence-electron chi connectivity index (χ4n) is 1.42. The molecule has 0 fully saturated rings.